The quantitative estimate of drug-likeness (QED) is 0.835. The van der Waals surface area contributed by atoms with Gasteiger partial charge in [-0.25, -0.2) is 0 Å². The Morgan fingerprint density at radius 3 is 2.22 bits per heavy atom. The summed E-state index contributed by atoms with van der Waals surface area (Å²) in [4.78, 5) is 25.5. The van der Waals surface area contributed by atoms with E-state index >= 15 is 0 Å². The Morgan fingerprint density at radius 1 is 1.22 bits per heavy atom. The molecule has 0 aliphatic rings. The van der Waals surface area contributed by atoms with E-state index in [1.54, 1.807) is 7.05 Å². The average Bonchev–Trinajstić information content (AvgIpc) is 2.39. The Kier molecular flexibility index (Phi) is 8.87. The number of nitrogens with zero attached hydrogens (tertiary/aromatic N) is 1. The minimum absolute atomic E-state index is 0. The topological polar surface area (TPSA) is 75.4 Å². The number of nitrogens with one attached hydrogen (secondary N) is 1. The second-order valence-corrected chi connectivity index (χ2v) is 6.09. The number of amides is 2. The number of carbonyl (C=O) groups excluding carboxylic acids is 2. The molecule has 0 aliphatic carbocycles. The van der Waals surface area contributed by atoms with Gasteiger partial charge >= 0.3 is 0 Å². The highest BCUT2D eigenvalue weighted by Crippen LogP contribution is 2.21. The highest BCUT2D eigenvalue weighted by molar-refractivity contribution is 5.95. The summed E-state index contributed by atoms with van der Waals surface area (Å²) in [7, 11) is 1.64. The Bertz CT molecular complexity index is 536. The minimum atomic E-state index is -0.188. The maximum atomic E-state index is 12.1. The molecule has 5 nitrogen and oxygen atoms in total. The number of anilines is 1. The zero-order chi connectivity index (χ0) is 16.9. The summed E-state index contributed by atoms with van der Waals surface area (Å²) in [5.74, 6) is -0.253. The molecule has 1 atom stereocenters. The van der Waals surface area contributed by atoms with E-state index < -0.39 is 0 Å². The highest BCUT2D eigenvalue weighted by Gasteiger charge is 2.15. The second-order valence-electron chi connectivity index (χ2n) is 6.09. The van der Waals surface area contributed by atoms with E-state index in [2.05, 4.69) is 5.32 Å². The van der Waals surface area contributed by atoms with Crippen LogP contribution in [0, 0.1) is 20.8 Å². The molecular weight excluding hydrogens is 314 g/mol. The summed E-state index contributed by atoms with van der Waals surface area (Å²) >= 11 is 0. The van der Waals surface area contributed by atoms with Crippen molar-refractivity contribution in [2.75, 3.05) is 18.9 Å². The first-order valence-electron chi connectivity index (χ1n) is 7.58. The first kappa shape index (κ1) is 21.4. The van der Waals surface area contributed by atoms with E-state index in [0.29, 0.717) is 12.8 Å². The van der Waals surface area contributed by atoms with Gasteiger partial charge in [-0.1, -0.05) is 17.7 Å². The van der Waals surface area contributed by atoms with Gasteiger partial charge in [0.05, 0.1) is 6.54 Å². The van der Waals surface area contributed by atoms with Gasteiger partial charge in [-0.2, -0.15) is 0 Å². The molecule has 0 saturated carbocycles. The van der Waals surface area contributed by atoms with Crippen LogP contribution in [0.15, 0.2) is 12.1 Å². The standard InChI is InChI=1S/C17H27N3O2.ClH/c1-11-8-12(2)17(13(3)9-11)19-15(21)10-20(5)16(22)7-6-14(4)18;/h8-9,14H,6-7,10,18H2,1-5H3,(H,19,21);1H. The van der Waals surface area contributed by atoms with Gasteiger partial charge < -0.3 is 16.0 Å². The van der Waals surface area contributed by atoms with Gasteiger partial charge in [0.25, 0.3) is 0 Å². The predicted molar refractivity (Wildman–Crippen MR) is 97.1 cm³/mol. The van der Waals surface area contributed by atoms with E-state index in [4.69, 9.17) is 5.73 Å². The van der Waals surface area contributed by atoms with Crippen LogP contribution in [0.5, 0.6) is 0 Å². The van der Waals surface area contributed by atoms with Crippen LogP contribution in [0.3, 0.4) is 0 Å². The third kappa shape index (κ3) is 7.01. The highest BCUT2D eigenvalue weighted by atomic mass is 35.5. The van der Waals surface area contributed by atoms with Crippen molar-refractivity contribution < 1.29 is 9.59 Å². The molecule has 0 saturated heterocycles. The molecule has 1 unspecified atom stereocenters. The van der Waals surface area contributed by atoms with E-state index in [1.165, 1.54) is 4.90 Å². The summed E-state index contributed by atoms with van der Waals surface area (Å²) in [5, 5.41) is 2.90. The maximum absolute atomic E-state index is 12.1. The molecule has 1 aromatic rings. The van der Waals surface area contributed by atoms with Crippen LogP contribution in [0.25, 0.3) is 0 Å². The Labute approximate surface area is 145 Å². The summed E-state index contributed by atoms with van der Waals surface area (Å²) in [6, 6.07) is 4.05. The molecule has 130 valence electrons. The van der Waals surface area contributed by atoms with Crippen molar-refractivity contribution in [3.8, 4) is 0 Å². The number of hydrogen-bond acceptors (Lipinski definition) is 3. The zero-order valence-electron chi connectivity index (χ0n) is 14.6. The van der Waals surface area contributed by atoms with Crippen molar-refractivity contribution in [2.45, 2.75) is 46.6 Å². The summed E-state index contributed by atoms with van der Waals surface area (Å²) in [6.07, 6.45) is 0.991. The fraction of sp³-hybridized carbons (Fsp3) is 0.529. The Hall–Kier alpha value is -1.59. The molecule has 0 aromatic heterocycles. The van der Waals surface area contributed by atoms with Gasteiger partial charge in [-0.15, -0.1) is 12.4 Å². The third-order valence-electron chi connectivity index (χ3n) is 3.56. The molecule has 23 heavy (non-hydrogen) atoms. The Balaban J connectivity index is 0.00000484. The van der Waals surface area contributed by atoms with E-state index in [1.807, 2.05) is 39.8 Å². The van der Waals surface area contributed by atoms with Gasteiger partial charge in [-0.05, 0) is 45.2 Å². The average molecular weight is 342 g/mol. The molecule has 0 aliphatic heterocycles. The lowest BCUT2D eigenvalue weighted by molar-refractivity contribution is -0.133. The van der Waals surface area contributed by atoms with Gasteiger partial charge in [0.2, 0.25) is 11.8 Å². The normalized spacial score (nSPS) is 11.4. The third-order valence-corrected chi connectivity index (χ3v) is 3.56. The van der Waals surface area contributed by atoms with E-state index in [0.717, 1.165) is 22.4 Å². The van der Waals surface area contributed by atoms with E-state index in [-0.39, 0.29) is 36.8 Å². The van der Waals surface area contributed by atoms with Crippen LogP contribution in [0.4, 0.5) is 5.69 Å². The molecule has 2 amide bonds. The van der Waals surface area contributed by atoms with Crippen molar-refractivity contribution in [2.24, 2.45) is 5.73 Å². The van der Waals surface area contributed by atoms with Crippen molar-refractivity contribution in [3.63, 3.8) is 0 Å². The van der Waals surface area contributed by atoms with Crippen molar-refractivity contribution in [1.29, 1.82) is 0 Å². The van der Waals surface area contributed by atoms with Crippen LogP contribution < -0.4 is 11.1 Å². The van der Waals surface area contributed by atoms with E-state index in [9.17, 15) is 9.59 Å². The molecule has 0 fully saturated rings. The SMILES string of the molecule is Cc1cc(C)c(NC(=O)CN(C)C(=O)CCC(C)N)c(C)c1.Cl. The zero-order valence-corrected chi connectivity index (χ0v) is 15.4. The molecule has 6 heteroatoms. The predicted octanol–water partition coefficient (Wildman–Crippen LogP) is 2.56. The number of likely N-dealkylation sites (N-methyl/N-ethyl adjacent to an activating group) is 1. The van der Waals surface area contributed by atoms with Crippen molar-refractivity contribution in [3.05, 3.63) is 28.8 Å². The van der Waals surface area contributed by atoms with Crippen LogP contribution in [0.1, 0.15) is 36.5 Å². The van der Waals surface area contributed by atoms with Crippen molar-refractivity contribution in [1.82, 2.24) is 4.90 Å². The van der Waals surface area contributed by atoms with Crippen LogP contribution >= 0.6 is 12.4 Å². The number of rotatable bonds is 6. The molecule has 1 rings (SSSR count). The summed E-state index contributed by atoms with van der Waals surface area (Å²) < 4.78 is 0. The van der Waals surface area contributed by atoms with Gasteiger partial charge in [-0.3, -0.25) is 9.59 Å². The van der Waals surface area contributed by atoms with Gasteiger partial charge in [0.15, 0.2) is 0 Å². The molecular formula is C17H28ClN3O2. The first-order chi connectivity index (χ1) is 10.2. The van der Waals surface area contributed by atoms with Crippen molar-refractivity contribution >= 4 is 29.9 Å². The number of nitrogens with two attached hydrogens (primary N) is 1. The van der Waals surface area contributed by atoms with Crippen LogP contribution in [-0.4, -0.2) is 36.3 Å². The molecule has 0 bridgehead atoms. The van der Waals surface area contributed by atoms with Crippen LogP contribution in [0.2, 0.25) is 0 Å². The summed E-state index contributed by atoms with van der Waals surface area (Å²) in [6.45, 7) is 7.87. The lowest BCUT2D eigenvalue weighted by Crippen LogP contribution is -2.35. The summed E-state index contributed by atoms with van der Waals surface area (Å²) in [5.41, 5.74) is 9.68. The Morgan fingerprint density at radius 2 is 1.74 bits per heavy atom. The first-order valence-corrected chi connectivity index (χ1v) is 7.58. The second kappa shape index (κ2) is 9.53. The molecule has 1 aromatic carbocycles. The fourth-order valence-electron chi connectivity index (χ4n) is 2.40. The molecule has 0 spiro atoms. The number of halogens is 1. The minimum Gasteiger partial charge on any atom is -0.336 e. The molecule has 3 N–H and O–H groups in total. The fourth-order valence-corrected chi connectivity index (χ4v) is 2.40. The molecule has 0 heterocycles. The largest absolute Gasteiger partial charge is 0.336 e. The lowest BCUT2D eigenvalue weighted by Gasteiger charge is -2.19. The van der Waals surface area contributed by atoms with Gasteiger partial charge in [0, 0.05) is 25.2 Å². The number of benzene rings is 1. The lowest BCUT2D eigenvalue weighted by atomic mass is 10.1. The smallest absolute Gasteiger partial charge is 0.243 e. The monoisotopic (exact) mass is 341 g/mol. The number of hydrogen-bond donors (Lipinski definition) is 2. The van der Waals surface area contributed by atoms with Gasteiger partial charge in [0.1, 0.15) is 0 Å². The number of aryl methyl sites for hydroxylation is 3. The molecule has 0 radical (unpaired) electrons. The number of carbonyl (C=O) groups is 2. The maximum Gasteiger partial charge on any atom is 0.243 e. The van der Waals surface area contributed by atoms with Crippen LogP contribution in [-0.2, 0) is 9.59 Å².